The first kappa shape index (κ1) is 20.8. The molecule has 0 spiro atoms. The van der Waals surface area contributed by atoms with Crippen LogP contribution in [-0.4, -0.2) is 22.2 Å². The molecule has 0 fully saturated rings. The Hall–Kier alpha value is -4.11. The fraction of sp³-hybridized carbons (Fsp3) is 0.125. The topological polar surface area (TPSA) is 90.1 Å². The number of halogens is 2. The number of fused-ring (bicyclic) bond motifs is 2. The van der Waals surface area contributed by atoms with E-state index in [0.29, 0.717) is 22.4 Å². The smallest absolute Gasteiger partial charge is 0.222 e. The van der Waals surface area contributed by atoms with Crippen molar-refractivity contribution in [2.24, 2.45) is 5.18 Å². The Bertz CT molecular complexity index is 1410. The van der Waals surface area contributed by atoms with Gasteiger partial charge in [0, 0.05) is 27.6 Å². The van der Waals surface area contributed by atoms with Gasteiger partial charge in [0.25, 0.3) is 0 Å². The average molecular weight is 450 g/mol. The molecule has 5 rings (SSSR count). The minimum atomic E-state index is -0.491. The van der Waals surface area contributed by atoms with Gasteiger partial charge in [-0.05, 0) is 59.8 Å². The number of aromatic hydroxyl groups is 1. The molecule has 0 saturated heterocycles. The Kier molecular flexibility index (Phi) is 5.10. The summed E-state index contributed by atoms with van der Waals surface area (Å²) in [6, 6.07) is 12.2. The number of rotatable bonds is 5. The molecule has 0 bridgehead atoms. The Morgan fingerprint density at radius 3 is 2.55 bits per heavy atom. The average Bonchev–Trinajstić information content (AvgIpc) is 3.08. The molecule has 7 nitrogen and oxygen atoms in total. The maximum atomic E-state index is 14.2. The largest absolute Gasteiger partial charge is 0.493 e. The second-order valence-electron chi connectivity index (χ2n) is 7.58. The molecular weight excluding hydrogens is 434 g/mol. The molecule has 0 unspecified atom stereocenters. The quantitative estimate of drug-likeness (QED) is 0.335. The number of carbonyl (C=O) groups is 1. The molecule has 1 aliphatic heterocycles. The van der Waals surface area contributed by atoms with Gasteiger partial charge in [0.15, 0.2) is 18.3 Å². The van der Waals surface area contributed by atoms with Crippen molar-refractivity contribution in [3.63, 3.8) is 0 Å². The lowest BCUT2D eigenvalue weighted by Gasteiger charge is -2.21. The van der Waals surface area contributed by atoms with E-state index in [1.54, 1.807) is 6.07 Å². The fourth-order valence-electron chi connectivity index (χ4n) is 4.03. The monoisotopic (exact) mass is 450 g/mol. The summed E-state index contributed by atoms with van der Waals surface area (Å²) in [4.78, 5) is 24.3. The molecule has 3 aromatic carbocycles. The van der Waals surface area contributed by atoms with Crippen LogP contribution in [0.3, 0.4) is 0 Å². The molecule has 1 aromatic heterocycles. The summed E-state index contributed by atoms with van der Waals surface area (Å²) in [7, 11) is 0. The highest BCUT2D eigenvalue weighted by Gasteiger charge is 2.23. The zero-order valence-electron chi connectivity index (χ0n) is 17.0. The van der Waals surface area contributed by atoms with Gasteiger partial charge >= 0.3 is 0 Å². The fourth-order valence-corrected chi connectivity index (χ4v) is 4.03. The molecule has 0 aliphatic carbocycles. The number of hydrogen-bond acceptors (Lipinski definition) is 6. The van der Waals surface area contributed by atoms with Crippen molar-refractivity contribution in [1.82, 2.24) is 4.57 Å². The highest BCUT2D eigenvalue weighted by molar-refractivity contribution is 6.11. The second-order valence-corrected chi connectivity index (χ2v) is 7.58. The lowest BCUT2D eigenvalue weighted by Crippen LogP contribution is -2.14. The normalized spacial score (nSPS) is 12.9. The number of benzene rings is 3. The van der Waals surface area contributed by atoms with Crippen molar-refractivity contribution in [3.8, 4) is 11.6 Å². The zero-order chi connectivity index (χ0) is 23.1. The minimum Gasteiger partial charge on any atom is -0.493 e. The van der Waals surface area contributed by atoms with Gasteiger partial charge in [-0.15, -0.1) is 4.91 Å². The third kappa shape index (κ3) is 3.62. The van der Waals surface area contributed by atoms with Crippen LogP contribution < -0.4 is 4.74 Å². The summed E-state index contributed by atoms with van der Waals surface area (Å²) in [5.74, 6) is -1.31. The van der Waals surface area contributed by atoms with Gasteiger partial charge < -0.3 is 19.1 Å². The summed E-state index contributed by atoms with van der Waals surface area (Å²) in [5, 5.41) is 13.9. The van der Waals surface area contributed by atoms with Crippen LogP contribution in [0, 0.1) is 16.5 Å². The standard InChI is InChI=1S/C24H16F2N2O5/c25-17-4-1-13(2-5-17)22(29)14-3-6-20-19(9-14)21(27-31)24(30)28(20)10-15-7-18(26)8-16-11-32-12-33-23(15)16/h1-9,30H,10-12H2. The molecule has 4 aromatic rings. The maximum absolute atomic E-state index is 14.2. The first-order chi connectivity index (χ1) is 16.0. The third-order valence-corrected chi connectivity index (χ3v) is 5.55. The highest BCUT2D eigenvalue weighted by Crippen LogP contribution is 2.41. The molecule has 0 radical (unpaired) electrons. The predicted molar refractivity (Wildman–Crippen MR) is 115 cm³/mol. The van der Waals surface area contributed by atoms with Gasteiger partial charge in [-0.2, -0.15) is 0 Å². The molecule has 1 aliphatic rings. The Morgan fingerprint density at radius 2 is 1.79 bits per heavy atom. The van der Waals surface area contributed by atoms with Gasteiger partial charge in [0.05, 0.1) is 18.7 Å². The summed E-state index contributed by atoms with van der Waals surface area (Å²) in [6.45, 7) is 0.192. The number of aromatic nitrogens is 1. The summed E-state index contributed by atoms with van der Waals surface area (Å²) < 4.78 is 39.5. The van der Waals surface area contributed by atoms with E-state index in [1.165, 1.54) is 53.1 Å². The van der Waals surface area contributed by atoms with Gasteiger partial charge in [-0.25, -0.2) is 8.78 Å². The number of carbonyl (C=O) groups excluding carboxylic acids is 1. The Morgan fingerprint density at radius 1 is 1.03 bits per heavy atom. The van der Waals surface area contributed by atoms with E-state index in [-0.39, 0.29) is 47.9 Å². The van der Waals surface area contributed by atoms with E-state index >= 15 is 0 Å². The van der Waals surface area contributed by atoms with Crippen LogP contribution in [0.4, 0.5) is 14.5 Å². The van der Waals surface area contributed by atoms with Crippen LogP contribution in [0.1, 0.15) is 27.0 Å². The first-order valence-electron chi connectivity index (χ1n) is 9.97. The van der Waals surface area contributed by atoms with Crippen molar-refractivity contribution in [3.05, 3.63) is 93.4 Å². The van der Waals surface area contributed by atoms with E-state index in [1.807, 2.05) is 0 Å². The molecule has 2 heterocycles. The zero-order valence-corrected chi connectivity index (χ0v) is 17.0. The molecule has 1 N–H and O–H groups in total. The van der Waals surface area contributed by atoms with Crippen molar-refractivity contribution < 1.29 is 28.2 Å². The molecule has 0 atom stereocenters. The summed E-state index contributed by atoms with van der Waals surface area (Å²) >= 11 is 0. The van der Waals surface area contributed by atoms with Crippen LogP contribution >= 0.6 is 0 Å². The van der Waals surface area contributed by atoms with E-state index in [0.717, 1.165) is 0 Å². The number of ketones is 1. The highest BCUT2D eigenvalue weighted by atomic mass is 19.1. The lowest BCUT2D eigenvalue weighted by atomic mass is 10.0. The van der Waals surface area contributed by atoms with E-state index in [9.17, 15) is 23.6 Å². The van der Waals surface area contributed by atoms with Crippen molar-refractivity contribution in [2.75, 3.05) is 6.79 Å². The van der Waals surface area contributed by atoms with E-state index < -0.39 is 17.5 Å². The SMILES string of the molecule is O=Nc1c(O)n(Cc2cc(F)cc3c2OCOC3)c2ccc(C(=O)c3ccc(F)cc3)cc12. The minimum absolute atomic E-state index is 0.0107. The number of nitrogens with zero attached hydrogens (tertiary/aromatic N) is 2. The van der Waals surface area contributed by atoms with E-state index in [4.69, 9.17) is 9.47 Å². The molecule has 0 amide bonds. The van der Waals surface area contributed by atoms with Gasteiger partial charge in [-0.3, -0.25) is 4.79 Å². The molecule has 166 valence electrons. The summed E-state index contributed by atoms with van der Waals surface area (Å²) in [5.41, 5.74) is 1.67. The summed E-state index contributed by atoms with van der Waals surface area (Å²) in [6.07, 6.45) is 0. The van der Waals surface area contributed by atoms with Crippen LogP contribution in [0.5, 0.6) is 11.6 Å². The van der Waals surface area contributed by atoms with Crippen LogP contribution in [0.25, 0.3) is 10.9 Å². The molecular formula is C24H16F2N2O5. The van der Waals surface area contributed by atoms with E-state index in [2.05, 4.69) is 5.18 Å². The second kappa shape index (κ2) is 8.10. The molecule has 9 heteroatoms. The molecule has 0 saturated carbocycles. The van der Waals surface area contributed by atoms with Crippen molar-refractivity contribution >= 4 is 22.4 Å². The Balaban J connectivity index is 1.59. The lowest BCUT2D eigenvalue weighted by molar-refractivity contribution is -0.0173. The van der Waals surface area contributed by atoms with Gasteiger partial charge in [0.2, 0.25) is 5.88 Å². The van der Waals surface area contributed by atoms with Crippen LogP contribution in [0.2, 0.25) is 0 Å². The Labute approximate surface area is 185 Å². The van der Waals surface area contributed by atoms with Gasteiger partial charge in [0.1, 0.15) is 17.4 Å². The van der Waals surface area contributed by atoms with Crippen LogP contribution in [0.15, 0.2) is 59.8 Å². The number of hydrogen-bond donors (Lipinski definition) is 1. The van der Waals surface area contributed by atoms with Crippen molar-refractivity contribution in [1.29, 1.82) is 0 Å². The first-order valence-corrected chi connectivity index (χ1v) is 9.97. The third-order valence-electron chi connectivity index (χ3n) is 5.55. The predicted octanol–water partition coefficient (Wildman–Crippen LogP) is 5.17. The maximum Gasteiger partial charge on any atom is 0.222 e. The number of nitroso groups, excluding NO2 is 1. The van der Waals surface area contributed by atoms with Gasteiger partial charge in [-0.1, -0.05) is 0 Å². The van der Waals surface area contributed by atoms with Crippen LogP contribution in [-0.2, 0) is 17.9 Å². The van der Waals surface area contributed by atoms with Crippen molar-refractivity contribution in [2.45, 2.75) is 13.2 Å². The molecule has 33 heavy (non-hydrogen) atoms. The number of ether oxygens (including phenoxy) is 2.